The van der Waals surface area contributed by atoms with Gasteiger partial charge in [0.05, 0.1) is 23.6 Å². The molecule has 0 saturated heterocycles. The third-order valence-corrected chi connectivity index (χ3v) is 5.32. The molecule has 0 fully saturated rings. The molecule has 0 bridgehead atoms. The molecule has 3 rings (SSSR count). The van der Waals surface area contributed by atoms with Crippen molar-refractivity contribution in [1.82, 2.24) is 10.9 Å². The normalized spacial score (nSPS) is 11.0. The second-order valence-electron chi connectivity index (χ2n) is 6.02. The molecule has 0 radical (unpaired) electrons. The summed E-state index contributed by atoms with van der Waals surface area (Å²) in [6.07, 6.45) is 3.09. The van der Waals surface area contributed by atoms with Gasteiger partial charge in [0, 0.05) is 8.95 Å². The molecule has 3 aromatic rings. The second kappa shape index (κ2) is 10.6. The minimum Gasteiger partial charge on any atom is -0.267 e. The Kier molecular flexibility index (Phi) is 7.64. The van der Waals surface area contributed by atoms with Crippen molar-refractivity contribution >= 4 is 56.1 Å². The summed E-state index contributed by atoms with van der Waals surface area (Å²) in [4.78, 5) is 24.2. The van der Waals surface area contributed by atoms with Crippen LogP contribution in [0.3, 0.4) is 0 Å². The van der Waals surface area contributed by atoms with Gasteiger partial charge in [-0.15, -0.1) is 0 Å². The lowest BCUT2D eigenvalue weighted by Gasteiger charge is -2.02. The Morgan fingerprint density at radius 2 is 1.00 bits per heavy atom. The number of amides is 2. The van der Waals surface area contributed by atoms with Crippen molar-refractivity contribution in [3.63, 3.8) is 0 Å². The first kappa shape index (κ1) is 21.6. The zero-order chi connectivity index (χ0) is 21.3. The molecule has 0 heterocycles. The number of benzene rings is 3. The molecule has 0 atom stereocenters. The lowest BCUT2D eigenvalue weighted by Crippen LogP contribution is -2.18. The Hall–Kier alpha value is -3.10. The predicted octanol–water partition coefficient (Wildman–Crippen LogP) is 4.74. The van der Waals surface area contributed by atoms with Gasteiger partial charge >= 0.3 is 0 Å². The van der Waals surface area contributed by atoms with E-state index in [9.17, 15) is 9.59 Å². The zero-order valence-corrected chi connectivity index (χ0v) is 18.7. The Morgan fingerprint density at radius 1 is 0.633 bits per heavy atom. The monoisotopic (exact) mass is 526 g/mol. The van der Waals surface area contributed by atoms with E-state index in [0.29, 0.717) is 20.1 Å². The fourth-order valence-electron chi connectivity index (χ4n) is 2.41. The minimum absolute atomic E-state index is 0.303. The van der Waals surface area contributed by atoms with Gasteiger partial charge in [0.15, 0.2) is 0 Å². The van der Waals surface area contributed by atoms with Crippen LogP contribution in [0.5, 0.6) is 0 Å². The maximum Gasteiger partial charge on any atom is 0.272 e. The van der Waals surface area contributed by atoms with E-state index < -0.39 is 0 Å². The predicted molar refractivity (Wildman–Crippen MR) is 125 cm³/mol. The summed E-state index contributed by atoms with van der Waals surface area (Å²) in [6.45, 7) is 0. The third-order valence-electron chi connectivity index (χ3n) is 3.93. The maximum absolute atomic E-state index is 12.1. The van der Waals surface area contributed by atoms with Crippen LogP contribution in [0.2, 0.25) is 0 Å². The van der Waals surface area contributed by atoms with Crippen LogP contribution in [0.25, 0.3) is 0 Å². The van der Waals surface area contributed by atoms with Gasteiger partial charge in [-0.3, -0.25) is 9.59 Å². The highest BCUT2D eigenvalue weighted by Gasteiger charge is 2.08. The molecule has 2 N–H and O–H groups in total. The second-order valence-corrected chi connectivity index (χ2v) is 7.73. The van der Waals surface area contributed by atoms with Gasteiger partial charge in [0.2, 0.25) is 0 Å². The Balaban J connectivity index is 1.53. The molecule has 150 valence electrons. The van der Waals surface area contributed by atoms with E-state index in [1.807, 2.05) is 36.4 Å². The Labute approximate surface area is 190 Å². The minimum atomic E-state index is -0.303. The fraction of sp³-hybridized carbons (Fsp3) is 0. The first-order chi connectivity index (χ1) is 14.5. The molecule has 0 saturated carbocycles. The molecule has 0 unspecified atom stereocenters. The van der Waals surface area contributed by atoms with E-state index >= 15 is 0 Å². The van der Waals surface area contributed by atoms with Crippen LogP contribution in [-0.2, 0) is 0 Å². The molecule has 30 heavy (non-hydrogen) atoms. The SMILES string of the molecule is O=C(N/N=C\c1ccc(/C=N\NC(=O)c2ccccc2Br)cc1)c1ccccc1Br. The van der Waals surface area contributed by atoms with Gasteiger partial charge in [-0.2, -0.15) is 10.2 Å². The van der Waals surface area contributed by atoms with E-state index in [0.717, 1.165) is 11.1 Å². The average Bonchev–Trinajstić information content (AvgIpc) is 2.75. The van der Waals surface area contributed by atoms with Crippen molar-refractivity contribution in [2.75, 3.05) is 0 Å². The van der Waals surface area contributed by atoms with Crippen molar-refractivity contribution in [1.29, 1.82) is 0 Å². The van der Waals surface area contributed by atoms with E-state index in [-0.39, 0.29) is 11.8 Å². The zero-order valence-electron chi connectivity index (χ0n) is 15.5. The number of carbonyl (C=O) groups is 2. The smallest absolute Gasteiger partial charge is 0.267 e. The third kappa shape index (κ3) is 5.95. The number of hydrogen-bond acceptors (Lipinski definition) is 4. The number of rotatable bonds is 6. The van der Waals surface area contributed by atoms with Gasteiger partial charge in [0.1, 0.15) is 0 Å². The molecule has 0 aromatic heterocycles. The van der Waals surface area contributed by atoms with Crippen LogP contribution >= 0.6 is 31.9 Å². The molecular weight excluding hydrogens is 512 g/mol. The van der Waals surface area contributed by atoms with Gasteiger partial charge < -0.3 is 0 Å². The molecule has 0 spiro atoms. The molecule has 0 aliphatic heterocycles. The lowest BCUT2D eigenvalue weighted by atomic mass is 10.2. The highest BCUT2D eigenvalue weighted by atomic mass is 79.9. The number of nitrogens with one attached hydrogen (secondary N) is 2. The molecule has 2 amide bonds. The number of nitrogens with zero attached hydrogens (tertiary/aromatic N) is 2. The van der Waals surface area contributed by atoms with Crippen molar-refractivity contribution in [3.8, 4) is 0 Å². The number of halogens is 2. The summed E-state index contributed by atoms with van der Waals surface area (Å²) < 4.78 is 1.40. The topological polar surface area (TPSA) is 82.9 Å². The van der Waals surface area contributed by atoms with Crippen LogP contribution in [-0.4, -0.2) is 24.2 Å². The van der Waals surface area contributed by atoms with Gasteiger partial charge in [-0.25, -0.2) is 10.9 Å². The van der Waals surface area contributed by atoms with Crippen LogP contribution in [0.15, 0.2) is 91.9 Å². The van der Waals surface area contributed by atoms with Gasteiger partial charge in [-0.1, -0.05) is 48.5 Å². The van der Waals surface area contributed by atoms with Gasteiger partial charge in [-0.05, 0) is 67.3 Å². The van der Waals surface area contributed by atoms with Crippen LogP contribution in [0, 0.1) is 0 Å². The summed E-state index contributed by atoms with van der Waals surface area (Å²) in [5.74, 6) is -0.605. The summed E-state index contributed by atoms with van der Waals surface area (Å²) >= 11 is 6.67. The lowest BCUT2D eigenvalue weighted by molar-refractivity contribution is 0.0946. The largest absolute Gasteiger partial charge is 0.272 e. The fourth-order valence-corrected chi connectivity index (χ4v) is 3.34. The Bertz CT molecular complexity index is 1020. The first-order valence-corrected chi connectivity index (χ1v) is 10.4. The molecule has 6 nitrogen and oxygen atoms in total. The number of hydrazone groups is 2. The van der Waals surface area contributed by atoms with Crippen molar-refractivity contribution in [3.05, 3.63) is 104 Å². The molecule has 0 aliphatic rings. The molecule has 0 aliphatic carbocycles. The quantitative estimate of drug-likeness (QED) is 0.358. The summed E-state index contributed by atoms with van der Waals surface area (Å²) in [6, 6.07) is 21.5. The average molecular weight is 528 g/mol. The van der Waals surface area contributed by atoms with Crippen molar-refractivity contribution in [2.45, 2.75) is 0 Å². The van der Waals surface area contributed by atoms with Crippen molar-refractivity contribution < 1.29 is 9.59 Å². The van der Waals surface area contributed by atoms with E-state index in [1.54, 1.807) is 48.8 Å². The Morgan fingerprint density at radius 3 is 1.37 bits per heavy atom. The number of carbonyl (C=O) groups excluding carboxylic acids is 2. The highest BCUT2D eigenvalue weighted by molar-refractivity contribution is 9.10. The summed E-state index contributed by atoms with van der Waals surface area (Å²) in [5, 5.41) is 7.95. The highest BCUT2D eigenvalue weighted by Crippen LogP contribution is 2.16. The maximum atomic E-state index is 12.1. The van der Waals surface area contributed by atoms with Crippen LogP contribution < -0.4 is 10.9 Å². The van der Waals surface area contributed by atoms with Crippen molar-refractivity contribution in [2.24, 2.45) is 10.2 Å². The molecule has 8 heteroatoms. The standard InChI is InChI=1S/C22H16Br2N4O2/c23-19-7-3-1-5-17(19)21(29)27-25-13-15-9-11-16(12-10-15)14-26-28-22(30)18-6-2-4-8-20(18)24/h1-14H,(H,27,29)(H,28,30)/b25-13-,26-14-. The molecular formula is C22H16Br2N4O2. The van der Waals surface area contributed by atoms with Gasteiger partial charge in [0.25, 0.3) is 11.8 Å². The van der Waals surface area contributed by atoms with E-state index in [1.165, 1.54) is 0 Å². The first-order valence-electron chi connectivity index (χ1n) is 8.80. The molecule has 3 aromatic carbocycles. The van der Waals surface area contributed by atoms with E-state index in [4.69, 9.17) is 0 Å². The summed E-state index contributed by atoms with van der Waals surface area (Å²) in [7, 11) is 0. The summed E-state index contributed by atoms with van der Waals surface area (Å²) in [5.41, 5.74) is 7.60. The number of hydrogen-bond donors (Lipinski definition) is 2. The van der Waals surface area contributed by atoms with E-state index in [2.05, 4.69) is 52.9 Å². The van der Waals surface area contributed by atoms with Crippen LogP contribution in [0.4, 0.5) is 0 Å². The van der Waals surface area contributed by atoms with Crippen LogP contribution in [0.1, 0.15) is 31.8 Å².